The molecular weight excluding hydrogens is 484 g/mol. The Hall–Kier alpha value is -3.30. The minimum Gasteiger partial charge on any atom is -0.497 e. The topological polar surface area (TPSA) is 79.1 Å². The van der Waals surface area contributed by atoms with Gasteiger partial charge in [0.25, 0.3) is 5.56 Å². The second kappa shape index (κ2) is 10.5. The zero-order valence-corrected chi connectivity index (χ0v) is 21.8. The molecule has 0 fully saturated rings. The smallest absolute Gasteiger partial charge is 0.338 e. The van der Waals surface area contributed by atoms with Crippen LogP contribution in [0.25, 0.3) is 6.08 Å². The summed E-state index contributed by atoms with van der Waals surface area (Å²) < 4.78 is 18.4. The van der Waals surface area contributed by atoms with Crippen LogP contribution in [0, 0.1) is 0 Å². The summed E-state index contributed by atoms with van der Waals surface area (Å²) in [5, 5.41) is 0. The second-order valence-corrected chi connectivity index (χ2v) is 9.57. The van der Waals surface area contributed by atoms with E-state index in [0.29, 0.717) is 37.7 Å². The Balaban J connectivity index is 1.96. The molecule has 0 saturated heterocycles. The largest absolute Gasteiger partial charge is 0.497 e. The van der Waals surface area contributed by atoms with E-state index in [0.717, 1.165) is 10.5 Å². The quantitative estimate of drug-likeness (QED) is 0.357. The SMILES string of the molecule is CCOC(=O)C1=C(C)N=c2s/c(=C\c3ccc(SC)cc3)c(=O)n2C1c1ccc(OC)cc1OC. The van der Waals surface area contributed by atoms with Crippen LogP contribution in [0.4, 0.5) is 0 Å². The van der Waals surface area contributed by atoms with Crippen molar-refractivity contribution in [3.63, 3.8) is 0 Å². The van der Waals surface area contributed by atoms with E-state index in [4.69, 9.17) is 14.2 Å². The van der Waals surface area contributed by atoms with Gasteiger partial charge >= 0.3 is 5.97 Å². The number of nitrogens with zero attached hydrogens (tertiary/aromatic N) is 2. The summed E-state index contributed by atoms with van der Waals surface area (Å²) in [5.74, 6) is 0.580. The number of thiazole rings is 1. The minimum atomic E-state index is -0.757. The van der Waals surface area contributed by atoms with Crippen LogP contribution in [0.1, 0.15) is 31.0 Å². The third-order valence-corrected chi connectivity index (χ3v) is 7.39. The molecule has 4 rings (SSSR count). The molecule has 0 spiro atoms. The van der Waals surface area contributed by atoms with Crippen molar-refractivity contribution in [1.82, 2.24) is 4.57 Å². The maximum atomic E-state index is 13.7. The molecule has 0 amide bonds. The van der Waals surface area contributed by atoms with Crippen LogP contribution in [-0.2, 0) is 9.53 Å². The van der Waals surface area contributed by atoms with Crippen molar-refractivity contribution >= 4 is 35.1 Å². The van der Waals surface area contributed by atoms with Crippen LogP contribution in [0.2, 0.25) is 0 Å². The van der Waals surface area contributed by atoms with E-state index in [1.807, 2.05) is 36.6 Å². The molecule has 182 valence electrons. The molecule has 1 atom stereocenters. The fourth-order valence-electron chi connectivity index (χ4n) is 3.98. The number of hydrogen-bond donors (Lipinski definition) is 0. The van der Waals surface area contributed by atoms with E-state index in [9.17, 15) is 9.59 Å². The lowest BCUT2D eigenvalue weighted by molar-refractivity contribution is -0.139. The highest BCUT2D eigenvalue weighted by Gasteiger charge is 2.35. The first kappa shape index (κ1) is 24.8. The van der Waals surface area contributed by atoms with Gasteiger partial charge in [-0.2, -0.15) is 0 Å². The maximum Gasteiger partial charge on any atom is 0.338 e. The van der Waals surface area contributed by atoms with E-state index >= 15 is 0 Å². The Labute approximate surface area is 211 Å². The zero-order valence-electron chi connectivity index (χ0n) is 20.2. The number of hydrogen-bond acceptors (Lipinski definition) is 8. The summed E-state index contributed by atoms with van der Waals surface area (Å²) in [6.07, 6.45) is 3.86. The number of rotatable bonds is 7. The summed E-state index contributed by atoms with van der Waals surface area (Å²) in [4.78, 5) is 33.1. The molecule has 1 aliphatic heterocycles. The van der Waals surface area contributed by atoms with E-state index in [-0.39, 0.29) is 12.2 Å². The Kier molecular flexibility index (Phi) is 7.47. The van der Waals surface area contributed by atoms with Crippen LogP contribution in [-0.4, -0.2) is 37.6 Å². The predicted molar refractivity (Wildman–Crippen MR) is 138 cm³/mol. The average molecular weight is 511 g/mol. The number of ether oxygens (including phenoxy) is 3. The normalized spacial score (nSPS) is 15.5. The number of thioether (sulfide) groups is 1. The highest BCUT2D eigenvalue weighted by Crippen LogP contribution is 2.37. The van der Waals surface area contributed by atoms with Crippen molar-refractivity contribution in [2.24, 2.45) is 4.99 Å². The van der Waals surface area contributed by atoms with Gasteiger partial charge in [0.2, 0.25) is 0 Å². The van der Waals surface area contributed by atoms with Gasteiger partial charge < -0.3 is 14.2 Å². The molecular formula is C26H26N2O5S2. The maximum absolute atomic E-state index is 13.7. The van der Waals surface area contributed by atoms with Gasteiger partial charge in [-0.15, -0.1) is 11.8 Å². The average Bonchev–Trinajstić information content (AvgIpc) is 3.17. The second-order valence-electron chi connectivity index (χ2n) is 7.68. The molecule has 0 N–H and O–H groups in total. The fraction of sp³-hybridized carbons (Fsp3) is 0.269. The van der Waals surface area contributed by atoms with Crippen molar-refractivity contribution in [3.8, 4) is 11.5 Å². The van der Waals surface area contributed by atoms with Gasteiger partial charge in [-0.3, -0.25) is 9.36 Å². The van der Waals surface area contributed by atoms with Gasteiger partial charge in [-0.05, 0) is 56.0 Å². The van der Waals surface area contributed by atoms with E-state index in [2.05, 4.69) is 4.99 Å². The van der Waals surface area contributed by atoms with Crippen LogP contribution in [0.5, 0.6) is 11.5 Å². The first-order chi connectivity index (χ1) is 16.9. The first-order valence-corrected chi connectivity index (χ1v) is 13.0. The van der Waals surface area contributed by atoms with Crippen molar-refractivity contribution in [3.05, 3.63) is 84.5 Å². The monoisotopic (exact) mass is 510 g/mol. The summed E-state index contributed by atoms with van der Waals surface area (Å²) >= 11 is 2.95. The molecule has 1 unspecified atom stereocenters. The van der Waals surface area contributed by atoms with Crippen LogP contribution in [0.15, 0.2) is 68.4 Å². The molecule has 3 aromatic rings. The number of methoxy groups -OCH3 is 2. The lowest BCUT2D eigenvalue weighted by Gasteiger charge is -2.26. The summed E-state index contributed by atoms with van der Waals surface area (Å²) in [7, 11) is 3.11. The number of benzene rings is 2. The number of fused-ring (bicyclic) bond motifs is 1. The Morgan fingerprint density at radius 3 is 2.54 bits per heavy atom. The number of carbonyl (C=O) groups excluding carboxylic acids is 1. The summed E-state index contributed by atoms with van der Waals surface area (Å²) in [6.45, 7) is 3.71. The lowest BCUT2D eigenvalue weighted by Crippen LogP contribution is -2.40. The van der Waals surface area contributed by atoms with Gasteiger partial charge in [0.05, 0.1) is 36.6 Å². The Bertz CT molecular complexity index is 1470. The Morgan fingerprint density at radius 1 is 1.17 bits per heavy atom. The van der Waals surface area contributed by atoms with E-state index in [1.54, 1.807) is 62.6 Å². The van der Waals surface area contributed by atoms with E-state index < -0.39 is 12.0 Å². The van der Waals surface area contributed by atoms with Gasteiger partial charge in [0, 0.05) is 16.5 Å². The number of carbonyl (C=O) groups is 1. The third kappa shape index (κ3) is 4.78. The zero-order chi connectivity index (χ0) is 25.1. The third-order valence-electron chi connectivity index (χ3n) is 5.67. The highest BCUT2D eigenvalue weighted by atomic mass is 32.2. The minimum absolute atomic E-state index is 0.207. The van der Waals surface area contributed by atoms with Crippen LogP contribution >= 0.6 is 23.1 Å². The molecule has 0 saturated carbocycles. The van der Waals surface area contributed by atoms with Crippen molar-refractivity contribution < 1.29 is 19.0 Å². The molecule has 7 nitrogen and oxygen atoms in total. The molecule has 9 heteroatoms. The van der Waals surface area contributed by atoms with Crippen molar-refractivity contribution in [2.45, 2.75) is 24.8 Å². The first-order valence-electron chi connectivity index (χ1n) is 11.0. The fourth-order valence-corrected chi connectivity index (χ4v) is 5.44. The number of allylic oxidation sites excluding steroid dienone is 1. The summed E-state index contributed by atoms with van der Waals surface area (Å²) in [6, 6.07) is 12.5. The molecule has 0 bridgehead atoms. The van der Waals surface area contributed by atoms with Crippen LogP contribution in [0.3, 0.4) is 0 Å². The lowest BCUT2D eigenvalue weighted by atomic mass is 9.95. The van der Waals surface area contributed by atoms with Crippen molar-refractivity contribution in [1.29, 1.82) is 0 Å². The van der Waals surface area contributed by atoms with Crippen LogP contribution < -0.4 is 24.4 Å². The highest BCUT2D eigenvalue weighted by molar-refractivity contribution is 7.98. The molecule has 0 radical (unpaired) electrons. The molecule has 1 aliphatic rings. The molecule has 2 aromatic carbocycles. The predicted octanol–water partition coefficient (Wildman–Crippen LogP) is 3.54. The standard InChI is InChI=1S/C26H26N2O5S2/c1-6-33-25(30)22-15(2)27-26-28(23(22)19-12-9-17(31-3)14-20(19)32-4)24(29)21(35-26)13-16-7-10-18(34-5)11-8-16/h7-14,23H,6H2,1-5H3/b21-13-. The summed E-state index contributed by atoms with van der Waals surface area (Å²) in [5.41, 5.74) is 2.12. The van der Waals surface area contributed by atoms with Gasteiger partial charge in [-0.1, -0.05) is 23.5 Å². The Morgan fingerprint density at radius 2 is 1.91 bits per heavy atom. The molecule has 2 heterocycles. The van der Waals surface area contributed by atoms with Gasteiger partial charge in [0.1, 0.15) is 17.5 Å². The van der Waals surface area contributed by atoms with Gasteiger partial charge in [0.15, 0.2) is 4.80 Å². The molecule has 0 aliphatic carbocycles. The number of aromatic nitrogens is 1. The molecule has 1 aromatic heterocycles. The van der Waals surface area contributed by atoms with Crippen molar-refractivity contribution in [2.75, 3.05) is 27.1 Å². The number of esters is 1. The van der Waals surface area contributed by atoms with Gasteiger partial charge in [-0.25, -0.2) is 9.79 Å². The molecule has 35 heavy (non-hydrogen) atoms. The van der Waals surface area contributed by atoms with E-state index in [1.165, 1.54) is 11.3 Å².